The molecule has 3 aromatic carbocycles. The van der Waals surface area contributed by atoms with E-state index in [-0.39, 0.29) is 17.8 Å². The molecule has 1 unspecified atom stereocenters. The first kappa shape index (κ1) is 21.8. The summed E-state index contributed by atoms with van der Waals surface area (Å²) in [7, 11) is 0. The van der Waals surface area contributed by atoms with Gasteiger partial charge in [0, 0.05) is 22.9 Å². The van der Waals surface area contributed by atoms with Gasteiger partial charge >= 0.3 is 0 Å². The fourth-order valence-electron chi connectivity index (χ4n) is 2.74. The van der Waals surface area contributed by atoms with Crippen LogP contribution >= 0.6 is 0 Å². The third-order valence-electron chi connectivity index (χ3n) is 4.28. The number of amides is 2. The van der Waals surface area contributed by atoms with Crippen LogP contribution in [0.3, 0.4) is 0 Å². The average Bonchev–Trinajstić information content (AvgIpc) is 2.73. The maximum atomic E-state index is 12.7. The highest BCUT2D eigenvalue weighted by Crippen LogP contribution is 2.16. The number of halogens is 1. The SMILES string of the molecule is CC(Cc1ccccc1)NC(=O)c1ccccc1.Cc1c(F)cccc1NC=O. The molecule has 0 aliphatic carbocycles. The van der Waals surface area contributed by atoms with Crippen molar-refractivity contribution in [2.24, 2.45) is 0 Å². The summed E-state index contributed by atoms with van der Waals surface area (Å²) >= 11 is 0. The Balaban J connectivity index is 0.000000234. The normalized spacial score (nSPS) is 10.9. The van der Waals surface area contributed by atoms with Gasteiger partial charge < -0.3 is 10.6 Å². The van der Waals surface area contributed by atoms with E-state index in [9.17, 15) is 14.0 Å². The molecular weight excluding hydrogens is 367 g/mol. The van der Waals surface area contributed by atoms with Crippen LogP contribution in [0.5, 0.6) is 0 Å². The number of carbonyl (C=O) groups excluding carboxylic acids is 2. The summed E-state index contributed by atoms with van der Waals surface area (Å²) in [5.74, 6) is -0.323. The molecule has 5 heteroatoms. The molecule has 4 nitrogen and oxygen atoms in total. The molecule has 0 aromatic heterocycles. The molecule has 3 aromatic rings. The standard InChI is InChI=1S/C16H17NO.C8H8FNO/c1-13(12-14-8-4-2-5-9-14)17-16(18)15-10-6-3-7-11-15;1-6-7(9)3-2-4-8(6)10-5-11/h2-11,13H,12H2,1H3,(H,17,18);2-5H,1H3,(H,10,11). The first-order valence-electron chi connectivity index (χ1n) is 9.36. The van der Waals surface area contributed by atoms with Crippen molar-refractivity contribution < 1.29 is 14.0 Å². The van der Waals surface area contributed by atoms with E-state index in [4.69, 9.17) is 0 Å². The van der Waals surface area contributed by atoms with Crippen LogP contribution in [0.2, 0.25) is 0 Å². The smallest absolute Gasteiger partial charge is 0.251 e. The maximum Gasteiger partial charge on any atom is 0.251 e. The van der Waals surface area contributed by atoms with Crippen molar-refractivity contribution in [3.63, 3.8) is 0 Å². The van der Waals surface area contributed by atoms with Gasteiger partial charge in [-0.3, -0.25) is 9.59 Å². The Morgan fingerprint density at radius 2 is 1.59 bits per heavy atom. The van der Waals surface area contributed by atoms with Crippen LogP contribution in [0.1, 0.15) is 28.4 Å². The molecule has 2 amide bonds. The van der Waals surface area contributed by atoms with E-state index < -0.39 is 0 Å². The van der Waals surface area contributed by atoms with Crippen molar-refractivity contribution in [2.75, 3.05) is 5.32 Å². The van der Waals surface area contributed by atoms with Crippen molar-refractivity contribution in [2.45, 2.75) is 26.3 Å². The first-order chi connectivity index (χ1) is 14.0. The molecule has 2 N–H and O–H groups in total. The van der Waals surface area contributed by atoms with E-state index in [2.05, 4.69) is 22.8 Å². The second-order valence-corrected chi connectivity index (χ2v) is 6.60. The lowest BCUT2D eigenvalue weighted by Gasteiger charge is -2.14. The molecule has 0 bridgehead atoms. The van der Waals surface area contributed by atoms with Gasteiger partial charge in [-0.2, -0.15) is 0 Å². The van der Waals surface area contributed by atoms with Gasteiger partial charge in [0.05, 0.1) is 0 Å². The Bertz CT molecular complexity index is 915. The summed E-state index contributed by atoms with van der Waals surface area (Å²) in [4.78, 5) is 21.9. The van der Waals surface area contributed by atoms with Crippen LogP contribution < -0.4 is 10.6 Å². The van der Waals surface area contributed by atoms with E-state index in [1.54, 1.807) is 19.1 Å². The first-order valence-corrected chi connectivity index (χ1v) is 9.36. The van der Waals surface area contributed by atoms with Crippen molar-refractivity contribution in [3.05, 3.63) is 101 Å². The van der Waals surface area contributed by atoms with Gasteiger partial charge in [-0.1, -0.05) is 54.6 Å². The van der Waals surface area contributed by atoms with E-state index in [0.717, 1.165) is 6.42 Å². The molecule has 0 aliphatic rings. The fraction of sp³-hybridized carbons (Fsp3) is 0.167. The number of rotatable bonds is 6. The second kappa shape index (κ2) is 11.4. The minimum absolute atomic E-state index is 0.0148. The fourth-order valence-corrected chi connectivity index (χ4v) is 2.74. The lowest BCUT2D eigenvalue weighted by molar-refractivity contribution is -0.105. The molecular formula is C24H25FN2O2. The van der Waals surface area contributed by atoms with Crippen LogP contribution in [-0.2, 0) is 11.2 Å². The highest BCUT2D eigenvalue weighted by atomic mass is 19.1. The molecule has 0 saturated carbocycles. The van der Waals surface area contributed by atoms with Gasteiger partial charge in [-0.05, 0) is 50.1 Å². The molecule has 0 aliphatic heterocycles. The van der Waals surface area contributed by atoms with Crippen LogP contribution in [0.25, 0.3) is 0 Å². The number of carbonyl (C=O) groups is 2. The zero-order valence-corrected chi connectivity index (χ0v) is 16.6. The van der Waals surface area contributed by atoms with Crippen LogP contribution in [0, 0.1) is 12.7 Å². The highest BCUT2D eigenvalue weighted by molar-refractivity contribution is 5.94. The topological polar surface area (TPSA) is 58.2 Å². The maximum absolute atomic E-state index is 12.7. The Morgan fingerprint density at radius 3 is 2.21 bits per heavy atom. The van der Waals surface area contributed by atoms with E-state index in [1.165, 1.54) is 11.6 Å². The zero-order chi connectivity index (χ0) is 21.1. The third-order valence-corrected chi connectivity index (χ3v) is 4.28. The summed E-state index contributed by atoms with van der Waals surface area (Å²) in [5, 5.41) is 5.40. The Hall–Kier alpha value is -3.47. The number of benzene rings is 3. The summed E-state index contributed by atoms with van der Waals surface area (Å²) in [6, 6.07) is 24.1. The van der Waals surface area contributed by atoms with Gasteiger partial charge in [0.1, 0.15) is 5.82 Å². The predicted octanol–water partition coefficient (Wildman–Crippen LogP) is 4.75. The Kier molecular flexibility index (Phi) is 8.57. The van der Waals surface area contributed by atoms with Gasteiger partial charge in [0.25, 0.3) is 5.91 Å². The zero-order valence-electron chi connectivity index (χ0n) is 16.6. The number of nitrogens with one attached hydrogen (secondary N) is 2. The van der Waals surface area contributed by atoms with E-state index in [1.807, 2.05) is 55.5 Å². The molecule has 1 atom stereocenters. The van der Waals surface area contributed by atoms with Gasteiger partial charge in [0.15, 0.2) is 0 Å². The molecule has 3 rings (SSSR count). The highest BCUT2D eigenvalue weighted by Gasteiger charge is 2.09. The lowest BCUT2D eigenvalue weighted by Crippen LogP contribution is -2.34. The van der Waals surface area contributed by atoms with Crippen LogP contribution in [0.4, 0.5) is 10.1 Å². The molecule has 0 saturated heterocycles. The minimum Gasteiger partial charge on any atom is -0.349 e. The van der Waals surface area contributed by atoms with Crippen molar-refractivity contribution >= 4 is 18.0 Å². The number of hydrogen-bond donors (Lipinski definition) is 2. The van der Waals surface area contributed by atoms with Crippen molar-refractivity contribution in [1.82, 2.24) is 5.32 Å². The summed E-state index contributed by atoms with van der Waals surface area (Å²) in [6.07, 6.45) is 1.38. The van der Waals surface area contributed by atoms with Gasteiger partial charge in [0.2, 0.25) is 6.41 Å². The van der Waals surface area contributed by atoms with E-state index >= 15 is 0 Å². The van der Waals surface area contributed by atoms with E-state index in [0.29, 0.717) is 23.2 Å². The van der Waals surface area contributed by atoms with Crippen molar-refractivity contribution in [1.29, 1.82) is 0 Å². The van der Waals surface area contributed by atoms with Gasteiger partial charge in [-0.15, -0.1) is 0 Å². The van der Waals surface area contributed by atoms with Gasteiger partial charge in [-0.25, -0.2) is 4.39 Å². The Labute approximate surface area is 170 Å². The molecule has 0 heterocycles. The minimum atomic E-state index is -0.308. The average molecular weight is 392 g/mol. The largest absolute Gasteiger partial charge is 0.349 e. The third kappa shape index (κ3) is 7.22. The number of hydrogen-bond acceptors (Lipinski definition) is 2. The molecule has 0 spiro atoms. The second-order valence-electron chi connectivity index (χ2n) is 6.60. The lowest BCUT2D eigenvalue weighted by atomic mass is 10.1. The van der Waals surface area contributed by atoms with Crippen LogP contribution in [-0.4, -0.2) is 18.4 Å². The molecule has 0 radical (unpaired) electrons. The molecule has 29 heavy (non-hydrogen) atoms. The summed E-state index contributed by atoms with van der Waals surface area (Å²) in [5.41, 5.74) is 2.91. The molecule has 0 fully saturated rings. The van der Waals surface area contributed by atoms with Crippen molar-refractivity contribution in [3.8, 4) is 0 Å². The summed E-state index contributed by atoms with van der Waals surface area (Å²) in [6.45, 7) is 3.63. The van der Waals surface area contributed by atoms with Crippen LogP contribution in [0.15, 0.2) is 78.9 Å². The number of anilines is 1. The molecule has 150 valence electrons. The summed E-state index contributed by atoms with van der Waals surface area (Å²) < 4.78 is 12.7. The Morgan fingerprint density at radius 1 is 0.966 bits per heavy atom. The monoisotopic (exact) mass is 392 g/mol. The quantitative estimate of drug-likeness (QED) is 0.595. The predicted molar refractivity (Wildman–Crippen MR) is 114 cm³/mol.